The number of benzene rings is 3. The minimum atomic E-state index is -0.336. The first-order valence-electron chi connectivity index (χ1n) is 8.62. The normalized spacial score (nSPS) is 10.7. The van der Waals surface area contributed by atoms with E-state index in [9.17, 15) is 4.79 Å². The molecule has 0 spiro atoms. The minimum absolute atomic E-state index is 0.336. The van der Waals surface area contributed by atoms with Crippen LogP contribution in [0.3, 0.4) is 0 Å². The molecule has 6 heteroatoms. The first-order valence-corrected chi connectivity index (χ1v) is 8.62. The fourth-order valence-electron chi connectivity index (χ4n) is 2.79. The monoisotopic (exact) mass is 358 g/mol. The van der Waals surface area contributed by atoms with Gasteiger partial charge in [-0.05, 0) is 42.3 Å². The number of aryl methyl sites for hydroxylation is 1. The predicted octanol–water partition coefficient (Wildman–Crippen LogP) is 4.29. The van der Waals surface area contributed by atoms with E-state index in [1.165, 1.54) is 4.68 Å². The van der Waals surface area contributed by atoms with Crippen molar-refractivity contribution in [2.75, 3.05) is 0 Å². The Hall–Kier alpha value is -3.67. The Balaban J connectivity index is 1.55. The lowest BCUT2D eigenvalue weighted by Crippen LogP contribution is -2.29. The zero-order valence-electron chi connectivity index (χ0n) is 14.8. The first-order chi connectivity index (χ1) is 13.2. The molecule has 4 rings (SSSR count). The van der Waals surface area contributed by atoms with Crippen LogP contribution in [0.25, 0.3) is 11.0 Å². The lowest BCUT2D eigenvalue weighted by molar-refractivity contribution is 0.239. The number of para-hydroxylation sites is 1. The SMILES string of the molecule is Cc1ccccc1CNC(=O)n1nnc2ccc(Oc3ccccc3)cc21. The summed E-state index contributed by atoms with van der Waals surface area (Å²) in [6.45, 7) is 2.44. The topological polar surface area (TPSA) is 69.0 Å². The lowest BCUT2D eigenvalue weighted by Gasteiger charge is -2.08. The Kier molecular flexibility index (Phi) is 4.53. The van der Waals surface area contributed by atoms with Gasteiger partial charge in [0.15, 0.2) is 0 Å². The number of hydrogen-bond donors (Lipinski definition) is 1. The number of fused-ring (bicyclic) bond motifs is 1. The maximum Gasteiger partial charge on any atom is 0.344 e. The fraction of sp³-hybridized carbons (Fsp3) is 0.0952. The Morgan fingerprint density at radius 2 is 1.78 bits per heavy atom. The van der Waals surface area contributed by atoms with E-state index in [2.05, 4.69) is 15.6 Å². The lowest BCUT2D eigenvalue weighted by atomic mass is 10.1. The largest absolute Gasteiger partial charge is 0.457 e. The second-order valence-corrected chi connectivity index (χ2v) is 6.15. The molecule has 0 bridgehead atoms. The Bertz CT molecular complexity index is 1090. The highest BCUT2D eigenvalue weighted by Gasteiger charge is 2.13. The van der Waals surface area contributed by atoms with Crippen molar-refractivity contribution < 1.29 is 9.53 Å². The van der Waals surface area contributed by atoms with Crippen LogP contribution in [0.1, 0.15) is 11.1 Å². The summed E-state index contributed by atoms with van der Waals surface area (Å²) in [7, 11) is 0. The molecule has 0 aliphatic heterocycles. The van der Waals surface area contributed by atoms with Crippen molar-refractivity contribution in [3.8, 4) is 11.5 Å². The van der Waals surface area contributed by atoms with Crippen LogP contribution in [0.4, 0.5) is 4.79 Å². The molecule has 0 aliphatic rings. The van der Waals surface area contributed by atoms with Crippen LogP contribution in [0.5, 0.6) is 11.5 Å². The van der Waals surface area contributed by atoms with Gasteiger partial charge in [0.05, 0.1) is 0 Å². The molecule has 6 nitrogen and oxygen atoms in total. The maximum atomic E-state index is 12.6. The molecular formula is C21H18N4O2. The van der Waals surface area contributed by atoms with Crippen LogP contribution >= 0.6 is 0 Å². The van der Waals surface area contributed by atoms with Gasteiger partial charge in [-0.15, -0.1) is 5.10 Å². The van der Waals surface area contributed by atoms with Crippen molar-refractivity contribution in [2.24, 2.45) is 0 Å². The second-order valence-electron chi connectivity index (χ2n) is 6.15. The second kappa shape index (κ2) is 7.29. The molecule has 4 aromatic rings. The van der Waals surface area contributed by atoms with Crippen molar-refractivity contribution in [3.05, 3.63) is 83.9 Å². The zero-order chi connectivity index (χ0) is 18.6. The molecule has 0 radical (unpaired) electrons. The highest BCUT2D eigenvalue weighted by Crippen LogP contribution is 2.24. The van der Waals surface area contributed by atoms with Crippen molar-refractivity contribution >= 4 is 17.1 Å². The number of nitrogens with one attached hydrogen (secondary N) is 1. The van der Waals surface area contributed by atoms with Crippen LogP contribution in [-0.4, -0.2) is 21.0 Å². The predicted molar refractivity (Wildman–Crippen MR) is 103 cm³/mol. The van der Waals surface area contributed by atoms with Gasteiger partial charge >= 0.3 is 6.03 Å². The first kappa shape index (κ1) is 16.8. The molecule has 1 amide bonds. The van der Waals surface area contributed by atoms with E-state index >= 15 is 0 Å². The molecule has 0 atom stereocenters. The van der Waals surface area contributed by atoms with Crippen LogP contribution in [-0.2, 0) is 6.54 Å². The van der Waals surface area contributed by atoms with E-state index in [1.807, 2.05) is 61.5 Å². The molecular weight excluding hydrogens is 340 g/mol. The molecule has 0 unspecified atom stereocenters. The summed E-state index contributed by atoms with van der Waals surface area (Å²) in [5.41, 5.74) is 3.40. The number of nitrogens with zero attached hydrogens (tertiary/aromatic N) is 3. The van der Waals surface area contributed by atoms with Gasteiger partial charge in [0.2, 0.25) is 0 Å². The highest BCUT2D eigenvalue weighted by molar-refractivity contribution is 5.88. The smallest absolute Gasteiger partial charge is 0.344 e. The van der Waals surface area contributed by atoms with Crippen LogP contribution in [0, 0.1) is 6.92 Å². The standard InChI is InChI=1S/C21H18N4O2/c1-15-7-5-6-8-16(15)14-22-21(26)25-20-13-18(11-12-19(20)23-24-25)27-17-9-3-2-4-10-17/h2-13H,14H2,1H3,(H,22,26). The van der Waals surface area contributed by atoms with Gasteiger partial charge in [0, 0.05) is 12.6 Å². The van der Waals surface area contributed by atoms with Crippen LogP contribution < -0.4 is 10.1 Å². The van der Waals surface area contributed by atoms with Gasteiger partial charge in [0.25, 0.3) is 0 Å². The van der Waals surface area contributed by atoms with E-state index in [0.29, 0.717) is 23.3 Å². The molecule has 0 saturated heterocycles. The molecule has 27 heavy (non-hydrogen) atoms. The number of carbonyl (C=O) groups excluding carboxylic acids is 1. The summed E-state index contributed by atoms with van der Waals surface area (Å²) in [5.74, 6) is 1.34. The number of hydrogen-bond acceptors (Lipinski definition) is 4. The summed E-state index contributed by atoms with van der Waals surface area (Å²) in [6, 6.07) is 22.4. The number of ether oxygens (including phenoxy) is 1. The summed E-state index contributed by atoms with van der Waals surface area (Å²) in [4.78, 5) is 12.6. The van der Waals surface area contributed by atoms with Gasteiger partial charge in [-0.2, -0.15) is 4.68 Å². The summed E-state index contributed by atoms with van der Waals surface area (Å²) < 4.78 is 7.09. The summed E-state index contributed by atoms with van der Waals surface area (Å²) >= 11 is 0. The molecule has 1 heterocycles. The zero-order valence-corrected chi connectivity index (χ0v) is 14.8. The van der Waals surface area contributed by atoms with Gasteiger partial charge in [-0.3, -0.25) is 0 Å². The van der Waals surface area contributed by atoms with Gasteiger partial charge in [-0.1, -0.05) is 47.7 Å². The van der Waals surface area contributed by atoms with Crippen molar-refractivity contribution in [2.45, 2.75) is 13.5 Å². The average Bonchev–Trinajstić information content (AvgIpc) is 3.11. The van der Waals surface area contributed by atoms with Gasteiger partial charge in [-0.25, -0.2) is 4.79 Å². The third kappa shape index (κ3) is 3.64. The summed E-state index contributed by atoms with van der Waals surface area (Å²) in [5, 5.41) is 10.9. The Morgan fingerprint density at radius 3 is 2.59 bits per heavy atom. The molecule has 0 saturated carbocycles. The average molecular weight is 358 g/mol. The molecule has 134 valence electrons. The molecule has 1 aromatic heterocycles. The molecule has 0 aliphatic carbocycles. The minimum Gasteiger partial charge on any atom is -0.457 e. The van der Waals surface area contributed by atoms with E-state index in [1.54, 1.807) is 18.2 Å². The number of amides is 1. The number of aromatic nitrogens is 3. The fourth-order valence-corrected chi connectivity index (χ4v) is 2.79. The van der Waals surface area contributed by atoms with E-state index in [-0.39, 0.29) is 6.03 Å². The molecule has 3 aromatic carbocycles. The Labute approximate surface area is 156 Å². The van der Waals surface area contributed by atoms with Crippen molar-refractivity contribution in [1.29, 1.82) is 0 Å². The van der Waals surface area contributed by atoms with E-state index in [0.717, 1.165) is 16.9 Å². The Morgan fingerprint density at radius 1 is 1.00 bits per heavy atom. The van der Waals surface area contributed by atoms with Gasteiger partial charge in [0.1, 0.15) is 22.5 Å². The quantitative estimate of drug-likeness (QED) is 0.591. The van der Waals surface area contributed by atoms with Crippen LogP contribution in [0.15, 0.2) is 72.8 Å². The third-order valence-corrected chi connectivity index (χ3v) is 4.28. The van der Waals surface area contributed by atoms with Gasteiger partial charge < -0.3 is 10.1 Å². The molecule has 1 N–H and O–H groups in total. The third-order valence-electron chi connectivity index (χ3n) is 4.28. The van der Waals surface area contributed by atoms with Crippen molar-refractivity contribution in [3.63, 3.8) is 0 Å². The van der Waals surface area contributed by atoms with Crippen LogP contribution in [0.2, 0.25) is 0 Å². The van der Waals surface area contributed by atoms with Crippen molar-refractivity contribution in [1.82, 2.24) is 20.3 Å². The maximum absolute atomic E-state index is 12.6. The number of rotatable bonds is 4. The highest BCUT2D eigenvalue weighted by atomic mass is 16.5. The van der Waals surface area contributed by atoms with E-state index in [4.69, 9.17) is 4.74 Å². The van der Waals surface area contributed by atoms with E-state index < -0.39 is 0 Å². The molecule has 0 fully saturated rings. The summed E-state index contributed by atoms with van der Waals surface area (Å²) in [6.07, 6.45) is 0. The number of carbonyl (C=O) groups is 1.